The summed E-state index contributed by atoms with van der Waals surface area (Å²) in [5, 5.41) is 6.29. The second-order valence-electron chi connectivity index (χ2n) is 6.07. The smallest absolute Gasteiger partial charge is 0.253 e. The molecule has 0 heterocycles. The number of nitrogens with one attached hydrogen (secondary N) is 2. The van der Waals surface area contributed by atoms with Gasteiger partial charge in [0.25, 0.3) is 5.91 Å². The SMILES string of the molecule is CCNC(=NCCS(=O)(=O)CC)NCCc1cccc(C(=O)N(C)C)c1.I. The number of benzene rings is 1. The van der Waals surface area contributed by atoms with Crippen LogP contribution in [0.1, 0.15) is 29.8 Å². The van der Waals surface area contributed by atoms with Gasteiger partial charge in [0.05, 0.1) is 12.3 Å². The molecule has 1 aromatic carbocycles. The lowest BCUT2D eigenvalue weighted by Crippen LogP contribution is -2.38. The fraction of sp³-hybridized carbons (Fsp3) is 0.556. The Bertz CT molecular complexity index is 721. The van der Waals surface area contributed by atoms with Gasteiger partial charge in [-0.05, 0) is 31.0 Å². The van der Waals surface area contributed by atoms with Crippen LogP contribution in [0.15, 0.2) is 29.3 Å². The van der Waals surface area contributed by atoms with Crippen molar-refractivity contribution >= 4 is 45.7 Å². The van der Waals surface area contributed by atoms with Crippen LogP contribution >= 0.6 is 24.0 Å². The van der Waals surface area contributed by atoms with Crippen molar-refractivity contribution in [1.29, 1.82) is 0 Å². The van der Waals surface area contributed by atoms with E-state index >= 15 is 0 Å². The van der Waals surface area contributed by atoms with E-state index in [0.29, 0.717) is 24.6 Å². The van der Waals surface area contributed by atoms with Gasteiger partial charge in [-0.3, -0.25) is 9.79 Å². The minimum atomic E-state index is -3.01. The van der Waals surface area contributed by atoms with Gasteiger partial charge in [0.1, 0.15) is 0 Å². The van der Waals surface area contributed by atoms with Gasteiger partial charge < -0.3 is 15.5 Å². The number of nitrogens with zero attached hydrogens (tertiary/aromatic N) is 2. The fourth-order valence-corrected chi connectivity index (χ4v) is 2.88. The van der Waals surface area contributed by atoms with Crippen LogP contribution in [0.2, 0.25) is 0 Å². The van der Waals surface area contributed by atoms with Crippen molar-refractivity contribution in [2.45, 2.75) is 20.3 Å². The van der Waals surface area contributed by atoms with E-state index in [2.05, 4.69) is 15.6 Å². The Hall–Kier alpha value is -1.36. The van der Waals surface area contributed by atoms with Crippen LogP contribution in [-0.4, -0.2) is 70.4 Å². The largest absolute Gasteiger partial charge is 0.357 e. The van der Waals surface area contributed by atoms with Crippen LogP contribution in [0, 0.1) is 0 Å². The van der Waals surface area contributed by atoms with E-state index in [1.165, 1.54) is 0 Å². The summed E-state index contributed by atoms with van der Waals surface area (Å²) in [6.45, 7) is 5.15. The number of amides is 1. The Balaban J connectivity index is 0.00000676. The maximum Gasteiger partial charge on any atom is 0.253 e. The molecule has 27 heavy (non-hydrogen) atoms. The van der Waals surface area contributed by atoms with Gasteiger partial charge in [0.15, 0.2) is 15.8 Å². The van der Waals surface area contributed by atoms with Gasteiger partial charge in [-0.1, -0.05) is 19.1 Å². The molecule has 0 aliphatic rings. The van der Waals surface area contributed by atoms with Gasteiger partial charge in [-0.15, -0.1) is 24.0 Å². The molecule has 0 radical (unpaired) electrons. The number of sulfone groups is 1. The van der Waals surface area contributed by atoms with E-state index < -0.39 is 9.84 Å². The van der Waals surface area contributed by atoms with Gasteiger partial charge in [-0.2, -0.15) is 0 Å². The monoisotopic (exact) mass is 510 g/mol. The molecule has 0 fully saturated rings. The molecule has 0 aliphatic carbocycles. The standard InChI is InChI=1S/C18H30N4O3S.HI/c1-5-19-18(21-12-13-26(24,25)6-2)20-11-10-15-8-7-9-16(14-15)17(23)22(3)4;/h7-9,14H,5-6,10-13H2,1-4H3,(H2,19,20,21);1H. The molecule has 0 spiro atoms. The van der Waals surface area contributed by atoms with Crippen LogP contribution < -0.4 is 10.6 Å². The van der Waals surface area contributed by atoms with E-state index in [0.717, 1.165) is 12.0 Å². The summed E-state index contributed by atoms with van der Waals surface area (Å²) >= 11 is 0. The third-order valence-electron chi connectivity index (χ3n) is 3.74. The molecular weight excluding hydrogens is 479 g/mol. The van der Waals surface area contributed by atoms with Crippen LogP contribution in [0.5, 0.6) is 0 Å². The van der Waals surface area contributed by atoms with Crippen LogP contribution in [-0.2, 0) is 16.3 Å². The normalized spacial score (nSPS) is 11.5. The highest BCUT2D eigenvalue weighted by molar-refractivity contribution is 14.0. The molecule has 0 saturated heterocycles. The summed E-state index contributed by atoms with van der Waals surface area (Å²) < 4.78 is 23.1. The molecule has 9 heteroatoms. The van der Waals surface area contributed by atoms with E-state index in [1.807, 2.05) is 25.1 Å². The Morgan fingerprint density at radius 1 is 1.19 bits per heavy atom. The first-order chi connectivity index (χ1) is 12.3. The molecule has 0 bridgehead atoms. The first-order valence-corrected chi connectivity index (χ1v) is 10.6. The molecular formula is C18H31IN4O3S. The third-order valence-corrected chi connectivity index (χ3v) is 5.43. The highest BCUT2D eigenvalue weighted by atomic mass is 127. The summed E-state index contributed by atoms with van der Waals surface area (Å²) in [6, 6.07) is 7.55. The quantitative estimate of drug-likeness (QED) is 0.299. The van der Waals surface area contributed by atoms with E-state index in [-0.39, 0.29) is 47.9 Å². The summed E-state index contributed by atoms with van der Waals surface area (Å²) in [5.74, 6) is 0.759. The second-order valence-corrected chi connectivity index (χ2v) is 8.55. The van der Waals surface area contributed by atoms with Crippen molar-refractivity contribution in [3.8, 4) is 0 Å². The number of hydrogen-bond acceptors (Lipinski definition) is 4. The van der Waals surface area contributed by atoms with Gasteiger partial charge >= 0.3 is 0 Å². The van der Waals surface area contributed by atoms with Gasteiger partial charge in [0, 0.05) is 38.5 Å². The molecule has 1 aromatic rings. The number of carbonyl (C=O) groups is 1. The van der Waals surface area contributed by atoms with E-state index in [4.69, 9.17) is 0 Å². The van der Waals surface area contributed by atoms with Crippen LogP contribution in [0.25, 0.3) is 0 Å². The Morgan fingerprint density at radius 3 is 2.48 bits per heavy atom. The zero-order valence-corrected chi connectivity index (χ0v) is 19.6. The van der Waals surface area contributed by atoms with Gasteiger partial charge in [-0.25, -0.2) is 8.42 Å². The minimum Gasteiger partial charge on any atom is -0.357 e. The van der Waals surface area contributed by atoms with E-state index in [1.54, 1.807) is 32.0 Å². The average Bonchev–Trinajstić information content (AvgIpc) is 2.61. The number of carbonyl (C=O) groups excluding carboxylic acids is 1. The van der Waals surface area contributed by atoms with Gasteiger partial charge in [0.2, 0.25) is 0 Å². The van der Waals surface area contributed by atoms with Crippen molar-refractivity contribution < 1.29 is 13.2 Å². The van der Waals surface area contributed by atoms with Crippen molar-refractivity contribution in [1.82, 2.24) is 15.5 Å². The van der Waals surface area contributed by atoms with Crippen molar-refractivity contribution in [2.75, 3.05) is 45.2 Å². The summed E-state index contributed by atoms with van der Waals surface area (Å²) in [5.41, 5.74) is 1.72. The number of aliphatic imine (C=N–C) groups is 1. The molecule has 2 N–H and O–H groups in total. The molecule has 0 aromatic heterocycles. The lowest BCUT2D eigenvalue weighted by molar-refractivity contribution is 0.0827. The maximum atomic E-state index is 12.0. The molecule has 1 rings (SSSR count). The van der Waals surface area contributed by atoms with Crippen LogP contribution in [0.3, 0.4) is 0 Å². The number of rotatable bonds is 9. The predicted molar refractivity (Wildman–Crippen MR) is 122 cm³/mol. The number of guanidine groups is 1. The fourth-order valence-electron chi connectivity index (χ4n) is 2.23. The molecule has 0 atom stereocenters. The molecule has 0 aliphatic heterocycles. The number of halogens is 1. The maximum absolute atomic E-state index is 12.0. The zero-order chi connectivity index (χ0) is 19.6. The first kappa shape index (κ1) is 25.6. The summed E-state index contributed by atoms with van der Waals surface area (Å²) in [4.78, 5) is 17.9. The molecule has 0 saturated carbocycles. The van der Waals surface area contributed by atoms with Crippen molar-refractivity contribution in [3.05, 3.63) is 35.4 Å². The molecule has 154 valence electrons. The molecule has 1 amide bonds. The third kappa shape index (κ3) is 9.94. The first-order valence-electron chi connectivity index (χ1n) is 8.82. The average molecular weight is 510 g/mol. The predicted octanol–water partition coefficient (Wildman–Crippen LogP) is 1.54. The van der Waals surface area contributed by atoms with E-state index in [9.17, 15) is 13.2 Å². The van der Waals surface area contributed by atoms with Crippen LogP contribution in [0.4, 0.5) is 0 Å². The summed E-state index contributed by atoms with van der Waals surface area (Å²) in [7, 11) is 0.449. The zero-order valence-electron chi connectivity index (χ0n) is 16.5. The number of hydrogen-bond donors (Lipinski definition) is 2. The minimum absolute atomic E-state index is 0. The molecule has 0 unspecified atom stereocenters. The lowest BCUT2D eigenvalue weighted by Gasteiger charge is -2.13. The van der Waals surface area contributed by atoms with Crippen molar-refractivity contribution in [3.63, 3.8) is 0 Å². The Morgan fingerprint density at radius 2 is 1.89 bits per heavy atom. The topological polar surface area (TPSA) is 90.9 Å². The summed E-state index contributed by atoms with van der Waals surface area (Å²) in [6.07, 6.45) is 0.728. The molecule has 7 nitrogen and oxygen atoms in total. The lowest BCUT2D eigenvalue weighted by atomic mass is 10.1. The second kappa shape index (κ2) is 12.9. The highest BCUT2D eigenvalue weighted by Gasteiger charge is 2.09. The van der Waals surface area contributed by atoms with Crippen molar-refractivity contribution in [2.24, 2.45) is 4.99 Å². The Kier molecular flexibility index (Phi) is 12.3. The highest BCUT2D eigenvalue weighted by Crippen LogP contribution is 2.07. The Labute approximate surface area is 179 Å².